The molecule has 0 spiro atoms. The van der Waals surface area contributed by atoms with E-state index in [-0.39, 0.29) is 22.3 Å². The highest BCUT2D eigenvalue weighted by atomic mass is 35.5. The van der Waals surface area contributed by atoms with Gasteiger partial charge >= 0.3 is 0 Å². The molecule has 0 fully saturated rings. The van der Waals surface area contributed by atoms with Crippen molar-refractivity contribution in [2.45, 2.75) is 6.92 Å². The lowest BCUT2D eigenvalue weighted by Gasteiger charge is -2.12. The number of amides is 1. The summed E-state index contributed by atoms with van der Waals surface area (Å²) in [6.07, 6.45) is 0.980. The fraction of sp³-hybridized carbons (Fsp3) is 0.455. The molecule has 104 valence electrons. The van der Waals surface area contributed by atoms with Crippen molar-refractivity contribution >= 4 is 23.2 Å². The molecule has 1 heterocycles. The minimum atomic E-state index is -0.657. The monoisotopic (exact) mass is 286 g/mol. The van der Waals surface area contributed by atoms with Gasteiger partial charge in [-0.3, -0.25) is 14.9 Å². The molecule has 0 aliphatic heterocycles. The zero-order chi connectivity index (χ0) is 14.4. The summed E-state index contributed by atoms with van der Waals surface area (Å²) in [5.41, 5.74) is -0.440. The predicted octanol–water partition coefficient (Wildman–Crippen LogP) is 1.23. The summed E-state index contributed by atoms with van der Waals surface area (Å²) in [5.74, 6) is -0.315. The van der Waals surface area contributed by atoms with E-state index in [1.54, 1.807) is 0 Å². The minimum absolute atomic E-state index is 0.0408. The van der Waals surface area contributed by atoms with Crippen LogP contribution in [0.4, 0.5) is 5.69 Å². The van der Waals surface area contributed by atoms with Gasteiger partial charge in [-0.1, -0.05) is 18.5 Å². The van der Waals surface area contributed by atoms with Crippen LogP contribution < -0.4 is 10.6 Å². The molecule has 0 bridgehead atoms. The van der Waals surface area contributed by atoms with Crippen LogP contribution in [0.15, 0.2) is 12.3 Å². The van der Waals surface area contributed by atoms with Gasteiger partial charge < -0.3 is 10.6 Å². The van der Waals surface area contributed by atoms with Crippen LogP contribution in [0.2, 0.25) is 5.15 Å². The standard InChI is InChI=1S/C11H15ClN4O3/c1-7(4-13-2)5-15-11(17)8-3-10(12)14-6-9(8)16(18)19/h3,6-7,13H,4-5H2,1-2H3,(H,15,17). The van der Waals surface area contributed by atoms with Crippen LogP contribution in [-0.2, 0) is 0 Å². The summed E-state index contributed by atoms with van der Waals surface area (Å²) in [5, 5.41) is 16.5. The zero-order valence-electron chi connectivity index (χ0n) is 10.6. The van der Waals surface area contributed by atoms with Crippen molar-refractivity contribution in [3.8, 4) is 0 Å². The van der Waals surface area contributed by atoms with Crippen molar-refractivity contribution in [3.05, 3.63) is 33.1 Å². The molecule has 8 heteroatoms. The first-order valence-corrected chi connectivity index (χ1v) is 6.06. The molecule has 7 nitrogen and oxygen atoms in total. The lowest BCUT2D eigenvalue weighted by atomic mass is 10.1. The molecule has 1 aromatic heterocycles. The minimum Gasteiger partial charge on any atom is -0.351 e. The maximum absolute atomic E-state index is 11.9. The first-order valence-electron chi connectivity index (χ1n) is 5.68. The van der Waals surface area contributed by atoms with Crippen molar-refractivity contribution in [2.24, 2.45) is 5.92 Å². The fourth-order valence-electron chi connectivity index (χ4n) is 1.53. The highest BCUT2D eigenvalue weighted by Gasteiger charge is 2.21. The molecule has 0 aromatic carbocycles. The van der Waals surface area contributed by atoms with Gasteiger partial charge in [-0.2, -0.15) is 0 Å². The third kappa shape index (κ3) is 4.46. The van der Waals surface area contributed by atoms with Crippen LogP contribution in [0, 0.1) is 16.0 Å². The van der Waals surface area contributed by atoms with E-state index < -0.39 is 10.8 Å². The Labute approximate surface area is 115 Å². The van der Waals surface area contributed by atoms with Gasteiger partial charge in [0.25, 0.3) is 11.6 Å². The summed E-state index contributed by atoms with van der Waals surface area (Å²) in [6, 6.07) is 1.19. The zero-order valence-corrected chi connectivity index (χ0v) is 11.4. The second-order valence-corrected chi connectivity index (χ2v) is 4.54. The molecule has 0 saturated carbocycles. The van der Waals surface area contributed by atoms with E-state index >= 15 is 0 Å². The maximum Gasteiger partial charge on any atom is 0.300 e. The average molecular weight is 287 g/mol. The number of carbonyl (C=O) groups is 1. The van der Waals surface area contributed by atoms with Crippen LogP contribution >= 0.6 is 11.6 Å². The van der Waals surface area contributed by atoms with Crippen molar-refractivity contribution < 1.29 is 9.72 Å². The van der Waals surface area contributed by atoms with E-state index in [4.69, 9.17) is 11.6 Å². The first kappa shape index (κ1) is 15.3. The number of rotatable bonds is 6. The number of hydrogen-bond acceptors (Lipinski definition) is 5. The number of halogens is 1. The Bertz CT molecular complexity index is 481. The van der Waals surface area contributed by atoms with Crippen molar-refractivity contribution in [3.63, 3.8) is 0 Å². The maximum atomic E-state index is 11.9. The van der Waals surface area contributed by atoms with Crippen LogP contribution in [0.3, 0.4) is 0 Å². The van der Waals surface area contributed by atoms with Crippen molar-refractivity contribution in [1.29, 1.82) is 0 Å². The van der Waals surface area contributed by atoms with Crippen LogP contribution in [0.1, 0.15) is 17.3 Å². The number of nitrogens with one attached hydrogen (secondary N) is 2. The smallest absolute Gasteiger partial charge is 0.300 e. The first-order chi connectivity index (χ1) is 8.95. The highest BCUT2D eigenvalue weighted by molar-refractivity contribution is 6.29. The van der Waals surface area contributed by atoms with Gasteiger partial charge in [-0.15, -0.1) is 0 Å². The van der Waals surface area contributed by atoms with Gasteiger partial charge in [0.2, 0.25) is 0 Å². The van der Waals surface area contributed by atoms with Crippen LogP contribution in [0.5, 0.6) is 0 Å². The molecule has 1 aromatic rings. The molecule has 2 N–H and O–H groups in total. The number of nitrogens with zero attached hydrogens (tertiary/aromatic N) is 2. The van der Waals surface area contributed by atoms with E-state index in [0.29, 0.717) is 6.54 Å². The van der Waals surface area contributed by atoms with Crippen molar-refractivity contribution in [2.75, 3.05) is 20.1 Å². The molecular weight excluding hydrogens is 272 g/mol. The summed E-state index contributed by atoms with van der Waals surface area (Å²) in [6.45, 7) is 3.10. The summed E-state index contributed by atoms with van der Waals surface area (Å²) >= 11 is 5.65. The highest BCUT2D eigenvalue weighted by Crippen LogP contribution is 2.20. The lowest BCUT2D eigenvalue weighted by molar-refractivity contribution is -0.385. The topological polar surface area (TPSA) is 97.2 Å². The molecule has 1 atom stereocenters. The molecule has 0 aliphatic carbocycles. The SMILES string of the molecule is CNCC(C)CNC(=O)c1cc(Cl)ncc1[N+](=O)[O-]. The van der Waals surface area contributed by atoms with Crippen LogP contribution in [0.25, 0.3) is 0 Å². The third-order valence-corrected chi connectivity index (χ3v) is 2.66. The number of nitro groups is 1. The average Bonchev–Trinajstić information content (AvgIpc) is 2.35. The molecule has 0 radical (unpaired) electrons. The van der Waals surface area contributed by atoms with Gasteiger partial charge in [-0.05, 0) is 25.6 Å². The van der Waals surface area contributed by atoms with E-state index in [1.165, 1.54) is 6.07 Å². The van der Waals surface area contributed by atoms with Gasteiger partial charge in [0.15, 0.2) is 0 Å². The Balaban J connectivity index is 2.81. The Hall–Kier alpha value is -1.73. The number of aromatic nitrogens is 1. The second-order valence-electron chi connectivity index (χ2n) is 4.15. The van der Waals surface area contributed by atoms with Gasteiger partial charge in [0, 0.05) is 6.54 Å². The lowest BCUT2D eigenvalue weighted by Crippen LogP contribution is -2.32. The van der Waals surface area contributed by atoms with Crippen molar-refractivity contribution in [1.82, 2.24) is 15.6 Å². The molecule has 0 aliphatic rings. The molecule has 1 unspecified atom stereocenters. The molecule has 0 saturated heterocycles. The van der Waals surface area contributed by atoms with E-state index in [2.05, 4.69) is 15.6 Å². The predicted molar refractivity (Wildman–Crippen MR) is 71.3 cm³/mol. The van der Waals surface area contributed by atoms with Crippen LogP contribution in [-0.4, -0.2) is 36.0 Å². The third-order valence-electron chi connectivity index (χ3n) is 2.45. The molecule has 1 amide bonds. The van der Waals surface area contributed by atoms with E-state index in [1.807, 2.05) is 14.0 Å². The number of hydrogen-bond donors (Lipinski definition) is 2. The summed E-state index contributed by atoms with van der Waals surface area (Å²) in [4.78, 5) is 25.7. The number of carbonyl (C=O) groups excluding carboxylic acids is 1. The summed E-state index contributed by atoms with van der Waals surface area (Å²) < 4.78 is 0. The van der Waals surface area contributed by atoms with E-state index in [0.717, 1.165) is 12.7 Å². The Kier molecular flexibility index (Phi) is 5.65. The van der Waals surface area contributed by atoms with Gasteiger partial charge in [-0.25, -0.2) is 4.98 Å². The normalized spacial score (nSPS) is 11.9. The Morgan fingerprint density at radius 1 is 1.58 bits per heavy atom. The Morgan fingerprint density at radius 3 is 2.84 bits per heavy atom. The fourth-order valence-corrected chi connectivity index (χ4v) is 1.69. The molecular formula is C11H15ClN4O3. The summed E-state index contributed by atoms with van der Waals surface area (Å²) in [7, 11) is 1.81. The molecule has 19 heavy (non-hydrogen) atoms. The number of pyridine rings is 1. The van der Waals surface area contributed by atoms with E-state index in [9.17, 15) is 14.9 Å². The quantitative estimate of drug-likeness (QED) is 0.466. The molecule has 1 rings (SSSR count). The van der Waals surface area contributed by atoms with Gasteiger partial charge in [0.1, 0.15) is 16.9 Å². The van der Waals surface area contributed by atoms with Gasteiger partial charge in [0.05, 0.1) is 4.92 Å². The Morgan fingerprint density at radius 2 is 2.26 bits per heavy atom. The second kappa shape index (κ2) is 7.01. The largest absolute Gasteiger partial charge is 0.351 e.